The first-order valence-electron chi connectivity index (χ1n) is 5.34. The van der Waals surface area contributed by atoms with Gasteiger partial charge in [-0.2, -0.15) is 0 Å². The maximum absolute atomic E-state index is 11.6. The number of carbonyl (C=O) groups excluding carboxylic acids is 2. The van der Waals surface area contributed by atoms with Gasteiger partial charge in [-0.25, -0.2) is 4.79 Å². The highest BCUT2D eigenvalue weighted by molar-refractivity contribution is 6.06. The number of nitrogens with zero attached hydrogens (tertiary/aromatic N) is 1. The Morgan fingerprint density at radius 1 is 1.33 bits per heavy atom. The lowest BCUT2D eigenvalue weighted by molar-refractivity contribution is -0.125. The minimum absolute atomic E-state index is 0.0409. The van der Waals surface area contributed by atoms with E-state index in [-0.39, 0.29) is 17.4 Å². The molecule has 0 radical (unpaired) electrons. The van der Waals surface area contributed by atoms with Crippen molar-refractivity contribution in [1.82, 2.24) is 10.2 Å². The minimum atomic E-state index is -0.719. The number of rotatable bonds is 3. The minimum Gasteiger partial charge on any atom is -0.310 e. The molecule has 0 atom stereocenters. The zero-order valence-corrected chi connectivity index (χ0v) is 10.2. The van der Waals surface area contributed by atoms with E-state index in [0.717, 1.165) is 6.42 Å². The van der Waals surface area contributed by atoms with Crippen molar-refractivity contribution < 1.29 is 9.59 Å². The van der Waals surface area contributed by atoms with Crippen molar-refractivity contribution in [2.75, 3.05) is 6.54 Å². The fourth-order valence-corrected chi connectivity index (χ4v) is 1.50. The van der Waals surface area contributed by atoms with Crippen molar-refractivity contribution in [2.24, 2.45) is 5.41 Å². The standard InChI is InChI=1S/C11H20N2O2/c1-6-10(2,3)7-13-9(15)12-8(14)11(13,4)5/h6-7H2,1-5H3,(H,12,14,15). The molecule has 4 heteroatoms. The second-order valence-electron chi connectivity index (χ2n) is 5.42. The Morgan fingerprint density at radius 3 is 2.20 bits per heavy atom. The predicted octanol–water partition coefficient (Wildman–Crippen LogP) is 1.75. The van der Waals surface area contributed by atoms with E-state index in [0.29, 0.717) is 6.54 Å². The van der Waals surface area contributed by atoms with E-state index in [1.54, 1.807) is 18.7 Å². The van der Waals surface area contributed by atoms with Gasteiger partial charge in [0.2, 0.25) is 0 Å². The lowest BCUT2D eigenvalue weighted by Crippen LogP contribution is -2.48. The van der Waals surface area contributed by atoms with Gasteiger partial charge in [-0.15, -0.1) is 0 Å². The number of hydrogen-bond acceptors (Lipinski definition) is 2. The van der Waals surface area contributed by atoms with E-state index in [1.165, 1.54) is 0 Å². The van der Waals surface area contributed by atoms with Crippen LogP contribution in [0.2, 0.25) is 0 Å². The van der Waals surface area contributed by atoms with Crippen LogP contribution in [0.3, 0.4) is 0 Å². The molecule has 0 spiro atoms. The molecule has 1 saturated heterocycles. The molecule has 4 nitrogen and oxygen atoms in total. The largest absolute Gasteiger partial charge is 0.325 e. The van der Waals surface area contributed by atoms with Gasteiger partial charge in [0.05, 0.1) is 0 Å². The Kier molecular flexibility index (Phi) is 2.81. The van der Waals surface area contributed by atoms with Gasteiger partial charge in [0.15, 0.2) is 0 Å². The summed E-state index contributed by atoms with van der Waals surface area (Å²) in [5, 5.41) is 2.35. The number of carbonyl (C=O) groups is 2. The van der Waals surface area contributed by atoms with Crippen molar-refractivity contribution in [3.63, 3.8) is 0 Å². The Labute approximate surface area is 91.0 Å². The molecule has 15 heavy (non-hydrogen) atoms. The van der Waals surface area contributed by atoms with Crippen LogP contribution < -0.4 is 5.32 Å². The summed E-state index contributed by atoms with van der Waals surface area (Å²) in [6.07, 6.45) is 0.973. The Balaban J connectivity index is 2.86. The third kappa shape index (κ3) is 2.13. The van der Waals surface area contributed by atoms with Gasteiger partial charge < -0.3 is 4.90 Å². The van der Waals surface area contributed by atoms with Gasteiger partial charge in [0.25, 0.3) is 5.91 Å². The molecule has 0 saturated carbocycles. The van der Waals surface area contributed by atoms with E-state index >= 15 is 0 Å². The molecular formula is C11H20N2O2. The summed E-state index contributed by atoms with van der Waals surface area (Å²) < 4.78 is 0. The SMILES string of the molecule is CCC(C)(C)CN1C(=O)NC(=O)C1(C)C. The molecule has 1 aliphatic rings. The van der Waals surface area contributed by atoms with E-state index < -0.39 is 5.54 Å². The number of amides is 3. The summed E-state index contributed by atoms with van der Waals surface area (Å²) >= 11 is 0. The first-order chi connectivity index (χ1) is 6.70. The topological polar surface area (TPSA) is 49.4 Å². The van der Waals surface area contributed by atoms with Crippen molar-refractivity contribution in [3.05, 3.63) is 0 Å². The highest BCUT2D eigenvalue weighted by Crippen LogP contribution is 2.28. The van der Waals surface area contributed by atoms with Crippen LogP contribution in [0.25, 0.3) is 0 Å². The quantitative estimate of drug-likeness (QED) is 0.725. The van der Waals surface area contributed by atoms with Crippen LogP contribution in [0.4, 0.5) is 4.79 Å². The summed E-state index contributed by atoms with van der Waals surface area (Å²) in [6.45, 7) is 10.4. The van der Waals surface area contributed by atoms with Gasteiger partial charge in [0, 0.05) is 6.54 Å². The zero-order valence-electron chi connectivity index (χ0n) is 10.2. The molecule has 1 aliphatic heterocycles. The van der Waals surface area contributed by atoms with Crippen molar-refractivity contribution in [2.45, 2.75) is 46.6 Å². The highest BCUT2D eigenvalue weighted by atomic mass is 16.2. The highest BCUT2D eigenvalue weighted by Gasteiger charge is 2.46. The van der Waals surface area contributed by atoms with E-state index in [2.05, 4.69) is 26.1 Å². The summed E-state index contributed by atoms with van der Waals surface area (Å²) in [5.41, 5.74) is -0.678. The van der Waals surface area contributed by atoms with Crippen molar-refractivity contribution in [3.8, 4) is 0 Å². The Hall–Kier alpha value is -1.06. The van der Waals surface area contributed by atoms with Crippen LogP contribution in [0.15, 0.2) is 0 Å². The van der Waals surface area contributed by atoms with E-state index in [9.17, 15) is 9.59 Å². The van der Waals surface area contributed by atoms with Crippen LogP contribution in [-0.2, 0) is 4.79 Å². The van der Waals surface area contributed by atoms with E-state index in [1.807, 2.05) is 0 Å². The molecule has 0 aliphatic carbocycles. The molecule has 0 aromatic carbocycles. The molecule has 1 fully saturated rings. The zero-order chi connectivity index (χ0) is 11.9. The van der Waals surface area contributed by atoms with Crippen LogP contribution in [0, 0.1) is 5.41 Å². The van der Waals surface area contributed by atoms with E-state index in [4.69, 9.17) is 0 Å². The average Bonchev–Trinajstić information content (AvgIpc) is 2.29. The van der Waals surface area contributed by atoms with Crippen LogP contribution in [0.1, 0.15) is 41.0 Å². The molecule has 0 aromatic heterocycles. The Bertz CT molecular complexity index is 295. The summed E-state index contributed by atoms with van der Waals surface area (Å²) in [7, 11) is 0. The van der Waals surface area contributed by atoms with Crippen LogP contribution >= 0.6 is 0 Å². The molecule has 1 N–H and O–H groups in total. The third-order valence-corrected chi connectivity index (χ3v) is 3.24. The van der Waals surface area contributed by atoms with Crippen LogP contribution in [-0.4, -0.2) is 28.9 Å². The first kappa shape index (κ1) is 12.0. The lowest BCUT2D eigenvalue weighted by atomic mass is 9.88. The summed E-state index contributed by atoms with van der Waals surface area (Å²) in [4.78, 5) is 24.7. The maximum Gasteiger partial charge on any atom is 0.325 e. The monoisotopic (exact) mass is 212 g/mol. The number of nitrogens with one attached hydrogen (secondary N) is 1. The normalized spacial score (nSPS) is 20.7. The molecule has 0 aromatic rings. The second-order valence-corrected chi connectivity index (χ2v) is 5.42. The predicted molar refractivity (Wildman–Crippen MR) is 58.4 cm³/mol. The fraction of sp³-hybridized carbons (Fsp3) is 0.818. The van der Waals surface area contributed by atoms with Crippen LogP contribution in [0.5, 0.6) is 0 Å². The smallest absolute Gasteiger partial charge is 0.310 e. The molecule has 0 unspecified atom stereocenters. The summed E-state index contributed by atoms with van der Waals surface area (Å²) in [5.74, 6) is -0.209. The van der Waals surface area contributed by atoms with Gasteiger partial charge in [-0.3, -0.25) is 10.1 Å². The molecule has 1 heterocycles. The molecule has 86 valence electrons. The Morgan fingerprint density at radius 2 is 1.87 bits per heavy atom. The maximum atomic E-state index is 11.6. The van der Waals surface area contributed by atoms with Gasteiger partial charge in [0.1, 0.15) is 5.54 Å². The molecule has 0 bridgehead atoms. The summed E-state index contributed by atoms with van der Waals surface area (Å²) in [6, 6.07) is -0.272. The number of imide groups is 1. The fourth-order valence-electron chi connectivity index (χ4n) is 1.50. The van der Waals surface area contributed by atoms with Crippen molar-refractivity contribution in [1.29, 1.82) is 0 Å². The van der Waals surface area contributed by atoms with Gasteiger partial charge >= 0.3 is 6.03 Å². The number of hydrogen-bond donors (Lipinski definition) is 1. The van der Waals surface area contributed by atoms with Gasteiger partial charge in [-0.05, 0) is 25.7 Å². The third-order valence-electron chi connectivity index (χ3n) is 3.24. The van der Waals surface area contributed by atoms with Gasteiger partial charge in [-0.1, -0.05) is 20.8 Å². The molecule has 3 amide bonds. The lowest BCUT2D eigenvalue weighted by Gasteiger charge is -2.35. The van der Waals surface area contributed by atoms with Crippen molar-refractivity contribution >= 4 is 11.9 Å². The molecular weight excluding hydrogens is 192 g/mol. The second kappa shape index (κ2) is 3.51. The molecule has 1 rings (SSSR count). The first-order valence-corrected chi connectivity index (χ1v) is 5.34. The number of urea groups is 1. The average molecular weight is 212 g/mol.